The number of halogens is 3. The summed E-state index contributed by atoms with van der Waals surface area (Å²) in [4.78, 5) is 3.74. The first-order valence-electron chi connectivity index (χ1n) is 4.82. The van der Waals surface area contributed by atoms with Gasteiger partial charge in [-0.2, -0.15) is 0 Å². The number of pyridine rings is 1. The first kappa shape index (κ1) is 11.6. The molecule has 88 valence electrons. The lowest BCUT2D eigenvalue weighted by molar-refractivity contribution is 0.212. The number of aliphatic hydroxyl groups excluding tert-OH is 1. The monoisotopic (exact) mass is 239 g/mol. The van der Waals surface area contributed by atoms with Crippen LogP contribution < -0.4 is 0 Å². The van der Waals surface area contributed by atoms with Crippen molar-refractivity contribution in [3.8, 4) is 0 Å². The third kappa shape index (κ3) is 2.14. The van der Waals surface area contributed by atoms with E-state index in [1.807, 2.05) is 0 Å². The first-order chi connectivity index (χ1) is 8.11. The van der Waals surface area contributed by atoms with Crippen LogP contribution in [0.4, 0.5) is 13.2 Å². The molecule has 1 heterocycles. The molecule has 0 saturated heterocycles. The van der Waals surface area contributed by atoms with Crippen LogP contribution in [-0.2, 0) is 0 Å². The second kappa shape index (κ2) is 4.55. The predicted molar refractivity (Wildman–Crippen MR) is 54.6 cm³/mol. The van der Waals surface area contributed by atoms with Crippen molar-refractivity contribution in [2.75, 3.05) is 0 Å². The summed E-state index contributed by atoms with van der Waals surface area (Å²) in [5.41, 5.74) is 0.0417. The van der Waals surface area contributed by atoms with Crippen molar-refractivity contribution in [2.24, 2.45) is 0 Å². The molecule has 0 spiro atoms. The van der Waals surface area contributed by atoms with E-state index in [2.05, 4.69) is 4.98 Å². The molecule has 1 atom stereocenters. The summed E-state index contributed by atoms with van der Waals surface area (Å²) in [6.07, 6.45) is 1.47. The van der Waals surface area contributed by atoms with Crippen LogP contribution in [0.5, 0.6) is 0 Å². The van der Waals surface area contributed by atoms with Crippen LogP contribution in [0, 0.1) is 17.5 Å². The van der Waals surface area contributed by atoms with Crippen molar-refractivity contribution in [1.82, 2.24) is 4.98 Å². The molecule has 1 aromatic heterocycles. The minimum atomic E-state index is -1.59. The highest BCUT2D eigenvalue weighted by Gasteiger charge is 2.20. The second-order valence-corrected chi connectivity index (χ2v) is 3.45. The van der Waals surface area contributed by atoms with Crippen molar-refractivity contribution in [3.05, 3.63) is 65.2 Å². The van der Waals surface area contributed by atoms with Gasteiger partial charge in [0.2, 0.25) is 0 Å². The van der Waals surface area contributed by atoms with Crippen molar-refractivity contribution in [2.45, 2.75) is 6.10 Å². The van der Waals surface area contributed by atoms with Gasteiger partial charge in [-0.05, 0) is 23.8 Å². The van der Waals surface area contributed by atoms with Gasteiger partial charge in [-0.25, -0.2) is 13.2 Å². The van der Waals surface area contributed by atoms with Crippen molar-refractivity contribution in [1.29, 1.82) is 0 Å². The number of aromatic nitrogens is 1. The van der Waals surface area contributed by atoms with Crippen LogP contribution in [0.2, 0.25) is 0 Å². The fourth-order valence-electron chi connectivity index (χ4n) is 1.48. The van der Waals surface area contributed by atoms with E-state index in [-0.39, 0.29) is 5.56 Å². The normalized spacial score (nSPS) is 12.5. The van der Waals surface area contributed by atoms with Gasteiger partial charge in [0.05, 0.1) is 0 Å². The maximum Gasteiger partial charge on any atom is 0.194 e. The summed E-state index contributed by atoms with van der Waals surface area (Å²) in [6.45, 7) is 0. The third-order valence-corrected chi connectivity index (χ3v) is 2.38. The highest BCUT2D eigenvalue weighted by atomic mass is 19.2. The Morgan fingerprint density at radius 3 is 2.24 bits per heavy atom. The van der Waals surface area contributed by atoms with Crippen LogP contribution in [-0.4, -0.2) is 10.1 Å². The zero-order valence-electron chi connectivity index (χ0n) is 8.57. The van der Waals surface area contributed by atoms with E-state index in [0.717, 1.165) is 12.1 Å². The van der Waals surface area contributed by atoms with Gasteiger partial charge in [-0.3, -0.25) is 4.98 Å². The fraction of sp³-hybridized carbons (Fsp3) is 0.0833. The number of nitrogens with zero attached hydrogens (tertiary/aromatic N) is 1. The van der Waals surface area contributed by atoms with Crippen LogP contribution >= 0.6 is 0 Å². The molecule has 2 aromatic rings. The molecule has 1 N–H and O–H groups in total. The van der Waals surface area contributed by atoms with E-state index >= 15 is 0 Å². The Labute approximate surface area is 95.4 Å². The summed E-state index contributed by atoms with van der Waals surface area (Å²) in [7, 11) is 0. The first-order valence-corrected chi connectivity index (χ1v) is 4.82. The van der Waals surface area contributed by atoms with Gasteiger partial charge in [-0.1, -0.05) is 6.07 Å². The maximum atomic E-state index is 13.4. The minimum Gasteiger partial charge on any atom is -0.384 e. The van der Waals surface area contributed by atoms with E-state index in [1.54, 1.807) is 0 Å². The molecule has 2 rings (SSSR count). The number of aliphatic hydroxyl groups is 1. The number of rotatable bonds is 2. The average molecular weight is 239 g/mol. The standard InChI is InChI=1S/C12H8F3NO/c13-9-2-1-8(10(14)11(9)15)12(17)7-3-5-16-6-4-7/h1-6,12,17H. The van der Waals surface area contributed by atoms with Crippen LogP contribution in [0.1, 0.15) is 17.2 Å². The Hall–Kier alpha value is -1.88. The quantitative estimate of drug-likeness (QED) is 0.817. The predicted octanol–water partition coefficient (Wildman–Crippen LogP) is 2.58. The van der Waals surface area contributed by atoms with Gasteiger partial charge >= 0.3 is 0 Å². The summed E-state index contributed by atoms with van der Waals surface area (Å²) in [5.74, 6) is -4.25. The van der Waals surface area contributed by atoms with E-state index in [9.17, 15) is 18.3 Å². The van der Waals surface area contributed by atoms with Gasteiger partial charge in [0.25, 0.3) is 0 Å². The van der Waals surface area contributed by atoms with Gasteiger partial charge in [0.15, 0.2) is 17.5 Å². The van der Waals surface area contributed by atoms with Gasteiger partial charge in [0, 0.05) is 18.0 Å². The van der Waals surface area contributed by atoms with E-state index in [0.29, 0.717) is 5.56 Å². The molecule has 0 radical (unpaired) electrons. The Balaban J connectivity index is 2.45. The lowest BCUT2D eigenvalue weighted by Crippen LogP contribution is -2.05. The molecule has 0 amide bonds. The summed E-state index contributed by atoms with van der Waals surface area (Å²) in [6, 6.07) is 4.72. The van der Waals surface area contributed by atoms with Gasteiger partial charge in [-0.15, -0.1) is 0 Å². The topological polar surface area (TPSA) is 33.1 Å². The van der Waals surface area contributed by atoms with Gasteiger partial charge in [0.1, 0.15) is 6.10 Å². The second-order valence-electron chi connectivity index (χ2n) is 3.45. The van der Waals surface area contributed by atoms with E-state index in [4.69, 9.17) is 0 Å². The van der Waals surface area contributed by atoms with Crippen molar-refractivity contribution in [3.63, 3.8) is 0 Å². The zero-order valence-corrected chi connectivity index (χ0v) is 8.57. The molecule has 0 fully saturated rings. The molecular formula is C12H8F3NO. The van der Waals surface area contributed by atoms with Gasteiger partial charge < -0.3 is 5.11 Å². The van der Waals surface area contributed by atoms with Crippen LogP contribution in [0.3, 0.4) is 0 Å². The highest BCUT2D eigenvalue weighted by molar-refractivity contribution is 5.30. The molecule has 1 unspecified atom stereocenters. The number of benzene rings is 1. The zero-order chi connectivity index (χ0) is 12.4. The molecule has 1 aromatic carbocycles. The molecular weight excluding hydrogens is 231 g/mol. The Morgan fingerprint density at radius 2 is 1.59 bits per heavy atom. The summed E-state index contributed by atoms with van der Waals surface area (Å²) < 4.78 is 39.1. The lowest BCUT2D eigenvalue weighted by Gasteiger charge is -2.12. The maximum absolute atomic E-state index is 13.4. The van der Waals surface area contributed by atoms with Crippen molar-refractivity contribution < 1.29 is 18.3 Å². The largest absolute Gasteiger partial charge is 0.384 e. The minimum absolute atomic E-state index is 0.310. The Kier molecular flexibility index (Phi) is 3.10. The molecule has 17 heavy (non-hydrogen) atoms. The SMILES string of the molecule is OC(c1ccncc1)c1ccc(F)c(F)c1F. The van der Waals surface area contributed by atoms with E-state index in [1.165, 1.54) is 24.5 Å². The fourth-order valence-corrected chi connectivity index (χ4v) is 1.48. The Morgan fingerprint density at radius 1 is 0.941 bits per heavy atom. The van der Waals surface area contributed by atoms with Crippen LogP contribution in [0.15, 0.2) is 36.7 Å². The summed E-state index contributed by atoms with van der Waals surface area (Å²) in [5, 5.41) is 9.83. The molecule has 0 aliphatic heterocycles. The smallest absolute Gasteiger partial charge is 0.194 e. The molecule has 0 bridgehead atoms. The summed E-state index contributed by atoms with van der Waals surface area (Å²) >= 11 is 0. The van der Waals surface area contributed by atoms with Crippen LogP contribution in [0.25, 0.3) is 0 Å². The Bertz CT molecular complexity index is 531. The number of hydrogen-bond donors (Lipinski definition) is 1. The molecule has 0 aliphatic rings. The highest BCUT2D eigenvalue weighted by Crippen LogP contribution is 2.26. The molecule has 5 heteroatoms. The third-order valence-electron chi connectivity index (χ3n) is 2.38. The van der Waals surface area contributed by atoms with Crippen molar-refractivity contribution >= 4 is 0 Å². The molecule has 0 saturated carbocycles. The lowest BCUT2D eigenvalue weighted by atomic mass is 10.0. The average Bonchev–Trinajstić information content (AvgIpc) is 2.36. The van der Waals surface area contributed by atoms with E-state index < -0.39 is 23.6 Å². The number of hydrogen-bond acceptors (Lipinski definition) is 2. The molecule has 0 aliphatic carbocycles. The molecule has 2 nitrogen and oxygen atoms in total.